The molecule has 9 nitrogen and oxygen atoms in total. The zero-order chi connectivity index (χ0) is 22.6. The molecule has 3 rings (SSSR count). The van der Waals surface area contributed by atoms with Crippen LogP contribution in [0.2, 0.25) is 0 Å². The first-order chi connectivity index (χ1) is 14.7. The first-order valence-electron chi connectivity index (χ1n) is 9.64. The molecule has 0 saturated heterocycles. The quantitative estimate of drug-likeness (QED) is 0.647. The van der Waals surface area contributed by atoms with Gasteiger partial charge in [-0.25, -0.2) is 13.2 Å². The lowest BCUT2D eigenvalue weighted by Crippen LogP contribution is -2.39. The van der Waals surface area contributed by atoms with E-state index in [2.05, 4.69) is 5.32 Å². The summed E-state index contributed by atoms with van der Waals surface area (Å²) in [5.74, 6) is -0.351. The fourth-order valence-corrected chi connectivity index (χ4v) is 4.08. The van der Waals surface area contributed by atoms with E-state index in [9.17, 15) is 18.0 Å². The summed E-state index contributed by atoms with van der Waals surface area (Å²) >= 11 is 0. The molecule has 1 N–H and O–H groups in total. The number of rotatable bonds is 7. The van der Waals surface area contributed by atoms with Gasteiger partial charge in [-0.2, -0.15) is 0 Å². The SMILES string of the molecule is CCS(=O)(=O)N(CC(=O)Nc1cc(C(=O)OC)ccc1C)c1ccc2c(c1)OCCO2. The van der Waals surface area contributed by atoms with Gasteiger partial charge in [0.2, 0.25) is 15.9 Å². The molecule has 1 aliphatic rings. The van der Waals surface area contributed by atoms with Crippen molar-refractivity contribution in [2.45, 2.75) is 13.8 Å². The number of nitrogens with zero attached hydrogens (tertiary/aromatic N) is 1. The predicted octanol–water partition coefficient (Wildman–Crippen LogP) is 2.35. The van der Waals surface area contributed by atoms with Crippen molar-refractivity contribution in [3.05, 3.63) is 47.5 Å². The number of anilines is 2. The third-order valence-corrected chi connectivity index (χ3v) is 6.48. The average molecular weight is 448 g/mol. The number of aryl methyl sites for hydroxylation is 1. The third kappa shape index (κ3) is 5.08. The Morgan fingerprint density at radius 1 is 1.10 bits per heavy atom. The van der Waals surface area contributed by atoms with Gasteiger partial charge >= 0.3 is 5.97 Å². The second-order valence-electron chi connectivity index (χ2n) is 6.80. The number of sulfonamides is 1. The number of fused-ring (bicyclic) bond motifs is 1. The van der Waals surface area contributed by atoms with Gasteiger partial charge in [0.25, 0.3) is 0 Å². The van der Waals surface area contributed by atoms with Crippen molar-refractivity contribution in [1.82, 2.24) is 0 Å². The van der Waals surface area contributed by atoms with Crippen LogP contribution in [0.25, 0.3) is 0 Å². The lowest BCUT2D eigenvalue weighted by Gasteiger charge is -2.26. The van der Waals surface area contributed by atoms with Crippen LogP contribution in [0.3, 0.4) is 0 Å². The second kappa shape index (κ2) is 9.25. The highest BCUT2D eigenvalue weighted by atomic mass is 32.2. The molecule has 0 aromatic heterocycles. The number of benzene rings is 2. The van der Waals surface area contributed by atoms with Gasteiger partial charge in [0.05, 0.1) is 24.1 Å². The molecule has 2 aromatic carbocycles. The molecule has 1 aliphatic heterocycles. The molecule has 0 aliphatic carbocycles. The van der Waals surface area contributed by atoms with Gasteiger partial charge in [-0.05, 0) is 43.7 Å². The molecular formula is C21H24N2O7S. The molecule has 0 bridgehead atoms. The summed E-state index contributed by atoms with van der Waals surface area (Å²) < 4.78 is 42.2. The van der Waals surface area contributed by atoms with Crippen molar-refractivity contribution >= 4 is 33.3 Å². The van der Waals surface area contributed by atoms with E-state index in [1.165, 1.54) is 26.2 Å². The van der Waals surface area contributed by atoms with Crippen LogP contribution in [0.5, 0.6) is 11.5 Å². The minimum Gasteiger partial charge on any atom is -0.486 e. The number of nitrogens with one attached hydrogen (secondary N) is 1. The van der Waals surface area contributed by atoms with E-state index in [4.69, 9.17) is 14.2 Å². The van der Waals surface area contributed by atoms with Crippen LogP contribution in [0, 0.1) is 6.92 Å². The molecule has 0 unspecified atom stereocenters. The summed E-state index contributed by atoms with van der Waals surface area (Å²) in [6.45, 7) is 3.58. The van der Waals surface area contributed by atoms with Gasteiger partial charge in [0.1, 0.15) is 19.8 Å². The molecule has 31 heavy (non-hydrogen) atoms. The number of esters is 1. The Balaban J connectivity index is 1.86. The highest BCUT2D eigenvalue weighted by Gasteiger charge is 2.26. The molecule has 1 heterocycles. The standard InChI is InChI=1S/C21H24N2O7S/c1-4-31(26,27)23(16-7-8-18-19(12-16)30-10-9-29-18)13-20(24)22-17-11-15(21(25)28-3)6-5-14(17)2/h5-8,11-12H,4,9-10,13H2,1-3H3,(H,22,24). The summed E-state index contributed by atoms with van der Waals surface area (Å²) in [6, 6.07) is 9.46. The molecule has 2 aromatic rings. The molecule has 0 fully saturated rings. The number of amides is 1. The fraction of sp³-hybridized carbons (Fsp3) is 0.333. The van der Waals surface area contributed by atoms with E-state index in [0.29, 0.717) is 41.7 Å². The van der Waals surface area contributed by atoms with Crippen molar-refractivity contribution in [3.63, 3.8) is 0 Å². The fourth-order valence-electron chi connectivity index (χ4n) is 3.01. The van der Waals surface area contributed by atoms with Gasteiger partial charge < -0.3 is 19.5 Å². The number of carbonyl (C=O) groups excluding carboxylic acids is 2. The lowest BCUT2D eigenvalue weighted by molar-refractivity contribution is -0.114. The van der Waals surface area contributed by atoms with Crippen LogP contribution in [-0.2, 0) is 19.6 Å². The van der Waals surface area contributed by atoms with Crippen molar-refractivity contribution in [3.8, 4) is 11.5 Å². The van der Waals surface area contributed by atoms with E-state index >= 15 is 0 Å². The molecular weight excluding hydrogens is 424 g/mol. The van der Waals surface area contributed by atoms with Crippen molar-refractivity contribution in [2.24, 2.45) is 0 Å². The molecule has 0 spiro atoms. The third-order valence-electron chi connectivity index (χ3n) is 4.73. The zero-order valence-corrected chi connectivity index (χ0v) is 18.3. The van der Waals surface area contributed by atoms with Crippen LogP contribution in [0.4, 0.5) is 11.4 Å². The normalized spacial score (nSPS) is 12.7. The maximum absolute atomic E-state index is 12.8. The van der Waals surface area contributed by atoms with Gasteiger partial charge in [-0.15, -0.1) is 0 Å². The summed E-state index contributed by atoms with van der Waals surface area (Å²) in [7, 11) is -2.50. The van der Waals surface area contributed by atoms with E-state index < -0.39 is 28.4 Å². The Morgan fingerprint density at radius 2 is 1.81 bits per heavy atom. The van der Waals surface area contributed by atoms with Crippen LogP contribution in [0.1, 0.15) is 22.8 Å². The Bertz CT molecular complexity index is 1100. The number of hydrogen-bond acceptors (Lipinski definition) is 7. The van der Waals surface area contributed by atoms with Crippen LogP contribution >= 0.6 is 0 Å². The monoisotopic (exact) mass is 448 g/mol. The number of hydrogen-bond donors (Lipinski definition) is 1. The number of carbonyl (C=O) groups is 2. The van der Waals surface area contributed by atoms with Gasteiger partial charge in [-0.3, -0.25) is 9.10 Å². The number of ether oxygens (including phenoxy) is 3. The highest BCUT2D eigenvalue weighted by Crippen LogP contribution is 2.34. The molecule has 10 heteroatoms. The van der Waals surface area contributed by atoms with Crippen LogP contribution < -0.4 is 19.1 Å². The van der Waals surface area contributed by atoms with Crippen molar-refractivity contribution in [1.29, 1.82) is 0 Å². The van der Waals surface area contributed by atoms with Crippen molar-refractivity contribution in [2.75, 3.05) is 42.2 Å². The summed E-state index contributed by atoms with van der Waals surface area (Å²) in [5, 5.41) is 2.68. The van der Waals surface area contributed by atoms with Crippen LogP contribution in [0.15, 0.2) is 36.4 Å². The topological polar surface area (TPSA) is 111 Å². The van der Waals surface area contributed by atoms with Gasteiger partial charge in [-0.1, -0.05) is 6.07 Å². The van der Waals surface area contributed by atoms with E-state index in [0.717, 1.165) is 4.31 Å². The summed E-state index contributed by atoms with van der Waals surface area (Å²) in [6.07, 6.45) is 0. The molecule has 166 valence electrons. The van der Waals surface area contributed by atoms with Gasteiger partial charge in [0.15, 0.2) is 11.5 Å². The van der Waals surface area contributed by atoms with Crippen LogP contribution in [-0.4, -0.2) is 52.9 Å². The minimum absolute atomic E-state index is 0.189. The lowest BCUT2D eigenvalue weighted by atomic mass is 10.1. The van der Waals surface area contributed by atoms with Gasteiger partial charge in [0, 0.05) is 11.8 Å². The molecule has 0 radical (unpaired) electrons. The van der Waals surface area contributed by atoms with E-state index in [1.807, 2.05) is 0 Å². The second-order valence-corrected chi connectivity index (χ2v) is 8.99. The van der Waals surface area contributed by atoms with Crippen molar-refractivity contribution < 1.29 is 32.2 Å². The predicted molar refractivity (Wildman–Crippen MR) is 115 cm³/mol. The smallest absolute Gasteiger partial charge is 0.337 e. The Labute approximate surface area is 181 Å². The summed E-state index contributed by atoms with van der Waals surface area (Å²) in [5.41, 5.74) is 1.67. The maximum atomic E-state index is 12.8. The van der Waals surface area contributed by atoms with E-state index in [-0.39, 0.29) is 11.3 Å². The van der Waals surface area contributed by atoms with E-state index in [1.54, 1.807) is 31.2 Å². The average Bonchev–Trinajstić information content (AvgIpc) is 2.78. The first-order valence-corrected chi connectivity index (χ1v) is 11.2. The Kier molecular flexibility index (Phi) is 6.69. The minimum atomic E-state index is -3.76. The Hall–Kier alpha value is -3.27. The zero-order valence-electron chi connectivity index (χ0n) is 17.5. The maximum Gasteiger partial charge on any atom is 0.337 e. The number of methoxy groups -OCH3 is 1. The first kappa shape index (κ1) is 22.4. The largest absolute Gasteiger partial charge is 0.486 e. The molecule has 1 amide bonds. The highest BCUT2D eigenvalue weighted by molar-refractivity contribution is 7.92. The molecule has 0 atom stereocenters. The summed E-state index contributed by atoms with van der Waals surface area (Å²) in [4.78, 5) is 24.5. The Morgan fingerprint density at radius 3 is 2.48 bits per heavy atom. The molecule has 0 saturated carbocycles.